The van der Waals surface area contributed by atoms with E-state index < -0.39 is 20.6 Å². The van der Waals surface area contributed by atoms with Crippen LogP contribution in [0.4, 0.5) is 5.69 Å². The Bertz CT molecular complexity index is 646. The van der Waals surface area contributed by atoms with Gasteiger partial charge in [-0.05, 0) is 31.9 Å². The average molecular weight is 335 g/mol. The van der Waals surface area contributed by atoms with Gasteiger partial charge in [0.2, 0.25) is 10.0 Å². The van der Waals surface area contributed by atoms with Crippen molar-refractivity contribution in [2.24, 2.45) is 0 Å². The van der Waals surface area contributed by atoms with Crippen molar-refractivity contribution in [1.29, 1.82) is 0 Å². The van der Waals surface area contributed by atoms with Gasteiger partial charge in [-0.3, -0.25) is 10.1 Å². The van der Waals surface area contributed by atoms with Crippen molar-refractivity contribution < 1.29 is 13.3 Å². The third-order valence-electron chi connectivity index (χ3n) is 3.43. The highest BCUT2D eigenvalue weighted by Gasteiger charge is 2.29. The minimum absolute atomic E-state index is 0.0688. The van der Waals surface area contributed by atoms with E-state index in [0.717, 1.165) is 12.5 Å². The summed E-state index contributed by atoms with van der Waals surface area (Å²) >= 11 is 5.79. The van der Waals surface area contributed by atoms with Crippen molar-refractivity contribution in [2.45, 2.75) is 44.6 Å². The van der Waals surface area contributed by atoms with E-state index in [2.05, 4.69) is 0 Å². The Kier molecular flexibility index (Phi) is 5.72. The zero-order valence-electron chi connectivity index (χ0n) is 12.5. The highest BCUT2D eigenvalue weighted by Crippen LogP contribution is 2.32. The van der Waals surface area contributed by atoms with E-state index in [0.29, 0.717) is 12.0 Å². The zero-order valence-corrected chi connectivity index (χ0v) is 14.0. The van der Waals surface area contributed by atoms with Crippen LogP contribution in [-0.2, 0) is 10.0 Å². The highest BCUT2D eigenvalue weighted by atomic mass is 35.5. The molecule has 0 aliphatic heterocycles. The minimum Gasteiger partial charge on any atom is -0.258 e. The lowest BCUT2D eigenvalue weighted by molar-refractivity contribution is -0.384. The summed E-state index contributed by atoms with van der Waals surface area (Å²) in [6.45, 7) is 5.34. The Balaban J connectivity index is 3.38. The molecule has 0 heterocycles. The first-order valence-corrected chi connectivity index (χ1v) is 8.37. The normalized spacial score (nSPS) is 13.4. The van der Waals surface area contributed by atoms with E-state index in [1.807, 2.05) is 6.92 Å². The maximum Gasteiger partial charge on any atom is 0.289 e. The third kappa shape index (κ3) is 3.72. The Morgan fingerprint density at radius 1 is 1.43 bits per heavy atom. The Hall–Kier alpha value is -1.18. The molecule has 0 N–H and O–H groups in total. The summed E-state index contributed by atoms with van der Waals surface area (Å²) in [4.78, 5) is 10.2. The molecule has 0 aromatic heterocycles. The first kappa shape index (κ1) is 17.9. The van der Waals surface area contributed by atoms with Gasteiger partial charge in [0.25, 0.3) is 5.69 Å². The second-order valence-electron chi connectivity index (χ2n) is 4.99. The van der Waals surface area contributed by atoms with E-state index in [1.165, 1.54) is 17.4 Å². The number of aryl methyl sites for hydroxylation is 1. The molecule has 0 spiro atoms. The maximum absolute atomic E-state index is 12.6. The molecule has 1 atom stereocenters. The first-order valence-electron chi connectivity index (χ1n) is 6.55. The van der Waals surface area contributed by atoms with Gasteiger partial charge in [0, 0.05) is 19.2 Å². The molecule has 1 rings (SSSR count). The molecule has 6 nitrogen and oxygen atoms in total. The number of rotatable bonds is 6. The van der Waals surface area contributed by atoms with Gasteiger partial charge < -0.3 is 0 Å². The molecule has 0 fully saturated rings. The molecular weight excluding hydrogens is 316 g/mol. The third-order valence-corrected chi connectivity index (χ3v) is 5.84. The fourth-order valence-corrected chi connectivity index (χ4v) is 3.95. The number of sulfonamides is 1. The van der Waals surface area contributed by atoms with Gasteiger partial charge in [-0.25, -0.2) is 8.42 Å². The monoisotopic (exact) mass is 334 g/mol. The standard InChI is InChI=1S/C13H19ClN2O4S/c1-5-6-10(3)15(4)21(19,20)13-8-12(16(17)18)11(14)7-9(13)2/h7-8,10H,5-6H2,1-4H3. The Morgan fingerprint density at radius 2 is 2.00 bits per heavy atom. The Labute approximate surface area is 129 Å². The number of nitrogens with zero attached hydrogens (tertiary/aromatic N) is 2. The largest absolute Gasteiger partial charge is 0.289 e. The van der Waals surface area contributed by atoms with Crippen LogP contribution in [0.2, 0.25) is 5.02 Å². The number of nitro groups is 1. The fraction of sp³-hybridized carbons (Fsp3) is 0.538. The topological polar surface area (TPSA) is 80.5 Å². The minimum atomic E-state index is -3.79. The fourth-order valence-electron chi connectivity index (χ4n) is 2.05. The predicted octanol–water partition coefficient (Wildman–Crippen LogP) is 3.37. The van der Waals surface area contributed by atoms with Crippen LogP contribution < -0.4 is 0 Å². The lowest BCUT2D eigenvalue weighted by atomic mass is 10.2. The van der Waals surface area contributed by atoms with E-state index in [9.17, 15) is 18.5 Å². The summed E-state index contributed by atoms with van der Waals surface area (Å²) < 4.78 is 26.5. The number of benzene rings is 1. The molecule has 1 aromatic rings. The van der Waals surface area contributed by atoms with Crippen LogP contribution in [0.1, 0.15) is 32.3 Å². The van der Waals surface area contributed by atoms with Gasteiger partial charge in [-0.1, -0.05) is 24.9 Å². The maximum atomic E-state index is 12.6. The lowest BCUT2D eigenvalue weighted by Crippen LogP contribution is -2.35. The van der Waals surface area contributed by atoms with Crippen LogP contribution in [0.3, 0.4) is 0 Å². The lowest BCUT2D eigenvalue weighted by Gasteiger charge is -2.24. The summed E-state index contributed by atoms with van der Waals surface area (Å²) in [5.74, 6) is 0. The van der Waals surface area contributed by atoms with Crippen molar-refractivity contribution in [1.82, 2.24) is 4.31 Å². The number of hydrogen-bond donors (Lipinski definition) is 0. The van der Waals surface area contributed by atoms with Gasteiger partial charge in [0.15, 0.2) is 0 Å². The summed E-state index contributed by atoms with van der Waals surface area (Å²) in [5, 5.41) is 10.9. The van der Waals surface area contributed by atoms with Crippen molar-refractivity contribution in [3.63, 3.8) is 0 Å². The van der Waals surface area contributed by atoms with Crippen molar-refractivity contribution >= 4 is 27.3 Å². The van der Waals surface area contributed by atoms with Crippen LogP contribution in [0.25, 0.3) is 0 Å². The molecule has 0 bridgehead atoms. The second-order valence-corrected chi connectivity index (χ2v) is 7.36. The smallest absolute Gasteiger partial charge is 0.258 e. The first-order chi connectivity index (χ1) is 9.62. The predicted molar refractivity (Wildman–Crippen MR) is 82.2 cm³/mol. The van der Waals surface area contributed by atoms with Gasteiger partial charge in [0.1, 0.15) is 5.02 Å². The molecule has 0 saturated heterocycles. The molecule has 0 radical (unpaired) electrons. The van der Waals surface area contributed by atoms with E-state index in [1.54, 1.807) is 13.8 Å². The quantitative estimate of drug-likeness (QED) is 0.590. The molecule has 1 aromatic carbocycles. The number of halogens is 1. The van der Waals surface area contributed by atoms with E-state index in [-0.39, 0.29) is 16.0 Å². The molecular formula is C13H19ClN2O4S. The van der Waals surface area contributed by atoms with Crippen LogP contribution in [0.5, 0.6) is 0 Å². The zero-order chi connectivity index (χ0) is 16.4. The molecule has 0 amide bonds. The SMILES string of the molecule is CCCC(C)N(C)S(=O)(=O)c1cc([N+](=O)[O-])c(Cl)cc1C. The van der Waals surface area contributed by atoms with Crippen LogP contribution in [0, 0.1) is 17.0 Å². The van der Waals surface area contributed by atoms with Crippen LogP contribution >= 0.6 is 11.6 Å². The summed E-state index contributed by atoms with van der Waals surface area (Å²) in [7, 11) is -2.31. The van der Waals surface area contributed by atoms with Crippen LogP contribution in [-0.4, -0.2) is 30.7 Å². The molecule has 21 heavy (non-hydrogen) atoms. The van der Waals surface area contributed by atoms with E-state index >= 15 is 0 Å². The molecule has 0 aliphatic rings. The number of hydrogen-bond acceptors (Lipinski definition) is 4. The second kappa shape index (κ2) is 6.72. The van der Waals surface area contributed by atoms with Gasteiger partial charge in [-0.2, -0.15) is 4.31 Å². The average Bonchev–Trinajstić information content (AvgIpc) is 2.37. The number of nitro benzene ring substituents is 1. The molecule has 0 aliphatic carbocycles. The molecule has 0 saturated carbocycles. The van der Waals surface area contributed by atoms with Crippen LogP contribution in [0.15, 0.2) is 17.0 Å². The van der Waals surface area contributed by atoms with Gasteiger partial charge in [-0.15, -0.1) is 0 Å². The van der Waals surface area contributed by atoms with Crippen molar-refractivity contribution in [3.05, 3.63) is 32.8 Å². The molecule has 1 unspecified atom stereocenters. The summed E-state index contributed by atoms with van der Waals surface area (Å²) in [6.07, 6.45) is 1.56. The van der Waals surface area contributed by atoms with Gasteiger partial charge >= 0.3 is 0 Å². The Morgan fingerprint density at radius 3 is 2.48 bits per heavy atom. The molecule has 118 valence electrons. The van der Waals surface area contributed by atoms with Crippen molar-refractivity contribution in [3.8, 4) is 0 Å². The summed E-state index contributed by atoms with van der Waals surface area (Å²) in [6, 6.07) is 2.15. The highest BCUT2D eigenvalue weighted by molar-refractivity contribution is 7.89. The summed E-state index contributed by atoms with van der Waals surface area (Å²) in [5.41, 5.74) is -0.0152. The molecule has 8 heteroatoms. The van der Waals surface area contributed by atoms with Crippen molar-refractivity contribution in [2.75, 3.05) is 7.05 Å². The van der Waals surface area contributed by atoms with E-state index in [4.69, 9.17) is 11.6 Å². The van der Waals surface area contributed by atoms with Gasteiger partial charge in [0.05, 0.1) is 9.82 Å².